The highest BCUT2D eigenvalue weighted by atomic mass is 16.4. The minimum absolute atomic E-state index is 0.00556. The first kappa shape index (κ1) is 21.3. The minimum Gasteiger partial charge on any atom is -0.481 e. The summed E-state index contributed by atoms with van der Waals surface area (Å²) in [5.74, 6) is -0.946. The van der Waals surface area contributed by atoms with Crippen LogP contribution in [0.15, 0.2) is 24.3 Å². The van der Waals surface area contributed by atoms with E-state index in [2.05, 4.69) is 0 Å². The Labute approximate surface area is 172 Å². The Morgan fingerprint density at radius 2 is 1.59 bits per heavy atom. The third-order valence-corrected chi connectivity index (χ3v) is 7.70. The van der Waals surface area contributed by atoms with E-state index in [1.54, 1.807) is 24.3 Å². The molecule has 1 spiro atoms. The number of aliphatic carboxylic acids is 1. The Balaban J connectivity index is 1.57. The first-order valence-corrected chi connectivity index (χ1v) is 10.6. The van der Waals surface area contributed by atoms with Gasteiger partial charge in [-0.15, -0.1) is 0 Å². The molecule has 0 radical (unpaired) electrons. The summed E-state index contributed by atoms with van der Waals surface area (Å²) < 4.78 is 0. The topological polar surface area (TPSA) is 101 Å². The van der Waals surface area contributed by atoms with Crippen molar-refractivity contribution in [1.29, 1.82) is 0 Å². The van der Waals surface area contributed by atoms with Crippen LogP contribution in [-0.2, 0) is 4.79 Å². The van der Waals surface area contributed by atoms with Crippen molar-refractivity contribution >= 4 is 17.8 Å². The second-order valence-electron chi connectivity index (χ2n) is 9.08. The number of piperidine rings is 1. The first-order valence-electron chi connectivity index (χ1n) is 10.6. The van der Waals surface area contributed by atoms with Crippen molar-refractivity contribution in [2.24, 2.45) is 22.5 Å². The van der Waals surface area contributed by atoms with Gasteiger partial charge in [0.25, 0.3) is 5.91 Å². The third kappa shape index (κ3) is 4.16. The smallest absolute Gasteiger partial charge is 0.309 e. The molecule has 1 heterocycles. The fraction of sp³-hybridized carbons (Fsp3) is 0.609. The lowest BCUT2D eigenvalue weighted by atomic mass is 9.59. The molecule has 6 nitrogen and oxygen atoms in total. The molecule has 2 amide bonds. The van der Waals surface area contributed by atoms with Gasteiger partial charge < -0.3 is 15.7 Å². The Morgan fingerprint density at radius 3 is 2.03 bits per heavy atom. The number of benzene rings is 1. The molecule has 1 saturated carbocycles. The van der Waals surface area contributed by atoms with Crippen LogP contribution >= 0.6 is 0 Å². The number of carboxylic acid groups (broad SMARTS) is 1. The molecule has 2 aliphatic rings. The molecule has 1 saturated heterocycles. The molecule has 0 bridgehead atoms. The van der Waals surface area contributed by atoms with E-state index in [4.69, 9.17) is 5.73 Å². The summed E-state index contributed by atoms with van der Waals surface area (Å²) in [5.41, 5.74) is 5.85. The average molecular weight is 401 g/mol. The Morgan fingerprint density at radius 1 is 1.07 bits per heavy atom. The van der Waals surface area contributed by atoms with Gasteiger partial charge in [-0.05, 0) is 87.5 Å². The average Bonchev–Trinajstić information content (AvgIpc) is 2.73. The maximum atomic E-state index is 12.8. The summed E-state index contributed by atoms with van der Waals surface area (Å²) in [6, 6.07) is 6.51. The Bertz CT molecular complexity index is 771. The van der Waals surface area contributed by atoms with E-state index in [0.717, 1.165) is 51.6 Å². The lowest BCUT2D eigenvalue weighted by Crippen LogP contribution is -2.46. The van der Waals surface area contributed by atoms with Crippen LogP contribution in [0.4, 0.5) is 0 Å². The predicted octanol–water partition coefficient (Wildman–Crippen LogP) is 3.70. The molecule has 3 N–H and O–H groups in total. The molecule has 1 aromatic rings. The minimum atomic E-state index is -0.677. The molecular formula is C23H32N2O4. The van der Waals surface area contributed by atoms with E-state index in [9.17, 15) is 19.5 Å². The highest BCUT2D eigenvalue weighted by Gasteiger charge is 2.46. The van der Waals surface area contributed by atoms with Crippen molar-refractivity contribution in [3.05, 3.63) is 35.4 Å². The van der Waals surface area contributed by atoms with Crippen molar-refractivity contribution in [3.63, 3.8) is 0 Å². The number of nitrogens with zero attached hydrogens (tertiary/aromatic N) is 1. The number of rotatable bonds is 5. The molecule has 158 valence electrons. The van der Waals surface area contributed by atoms with Gasteiger partial charge in [-0.1, -0.05) is 6.92 Å². The molecular weight excluding hydrogens is 368 g/mol. The van der Waals surface area contributed by atoms with Crippen LogP contribution in [0.5, 0.6) is 0 Å². The summed E-state index contributed by atoms with van der Waals surface area (Å²) in [6.45, 7) is 5.32. The molecule has 1 unspecified atom stereocenters. The van der Waals surface area contributed by atoms with Gasteiger partial charge in [0.2, 0.25) is 5.91 Å². The van der Waals surface area contributed by atoms with E-state index in [-0.39, 0.29) is 17.2 Å². The van der Waals surface area contributed by atoms with Crippen molar-refractivity contribution in [1.82, 2.24) is 4.90 Å². The molecule has 1 aliphatic heterocycles. The second-order valence-corrected chi connectivity index (χ2v) is 9.08. The number of carbonyl (C=O) groups is 3. The SMILES string of the molecule is CCC(C)(C(=O)O)C1CCC2(CC1)CCN(C(=O)c1ccc(C(N)=O)cc1)CC2. The van der Waals surface area contributed by atoms with Gasteiger partial charge in [-0.3, -0.25) is 14.4 Å². The van der Waals surface area contributed by atoms with Gasteiger partial charge in [0.1, 0.15) is 0 Å². The highest BCUT2D eigenvalue weighted by molar-refractivity contribution is 5.97. The van der Waals surface area contributed by atoms with Crippen LogP contribution in [0.3, 0.4) is 0 Å². The molecule has 29 heavy (non-hydrogen) atoms. The number of nitrogens with two attached hydrogens (primary N) is 1. The monoisotopic (exact) mass is 400 g/mol. The quantitative estimate of drug-likeness (QED) is 0.787. The second kappa shape index (κ2) is 8.17. The van der Waals surface area contributed by atoms with E-state index in [1.807, 2.05) is 18.7 Å². The van der Waals surface area contributed by atoms with Crippen molar-refractivity contribution in [2.75, 3.05) is 13.1 Å². The van der Waals surface area contributed by atoms with Crippen molar-refractivity contribution in [3.8, 4) is 0 Å². The van der Waals surface area contributed by atoms with E-state index in [1.165, 1.54) is 0 Å². The van der Waals surface area contributed by atoms with Gasteiger partial charge in [-0.25, -0.2) is 0 Å². The predicted molar refractivity (Wildman–Crippen MR) is 111 cm³/mol. The number of hydrogen-bond donors (Lipinski definition) is 2. The van der Waals surface area contributed by atoms with E-state index in [0.29, 0.717) is 17.5 Å². The maximum Gasteiger partial charge on any atom is 0.309 e. The standard InChI is InChI=1S/C23H32N2O4/c1-3-22(2,21(28)29)18-8-10-23(11-9-18)12-14-25(15-13-23)20(27)17-6-4-16(5-7-17)19(24)26/h4-7,18H,3,8-15H2,1-2H3,(H2,24,26)(H,28,29). The molecule has 1 atom stereocenters. The van der Waals surface area contributed by atoms with Crippen molar-refractivity contribution < 1.29 is 19.5 Å². The van der Waals surface area contributed by atoms with Crippen LogP contribution in [0.25, 0.3) is 0 Å². The summed E-state index contributed by atoms with van der Waals surface area (Å²) in [5, 5.41) is 9.67. The summed E-state index contributed by atoms with van der Waals surface area (Å²) >= 11 is 0. The summed E-state index contributed by atoms with van der Waals surface area (Å²) in [6.07, 6.45) is 6.63. The van der Waals surface area contributed by atoms with Gasteiger partial charge in [0.15, 0.2) is 0 Å². The van der Waals surface area contributed by atoms with Crippen LogP contribution in [0.1, 0.15) is 79.5 Å². The van der Waals surface area contributed by atoms with Gasteiger partial charge in [0.05, 0.1) is 5.41 Å². The summed E-state index contributed by atoms with van der Waals surface area (Å²) in [4.78, 5) is 37.6. The van der Waals surface area contributed by atoms with Gasteiger partial charge in [-0.2, -0.15) is 0 Å². The maximum absolute atomic E-state index is 12.8. The number of carbonyl (C=O) groups excluding carboxylic acids is 2. The zero-order chi connectivity index (χ0) is 21.2. The molecule has 1 aromatic carbocycles. The molecule has 6 heteroatoms. The van der Waals surface area contributed by atoms with E-state index < -0.39 is 17.3 Å². The van der Waals surface area contributed by atoms with Gasteiger partial charge in [0, 0.05) is 24.2 Å². The number of likely N-dealkylation sites (tertiary alicyclic amines) is 1. The van der Waals surface area contributed by atoms with Crippen molar-refractivity contribution in [2.45, 2.75) is 58.8 Å². The van der Waals surface area contributed by atoms with Crippen LogP contribution in [0.2, 0.25) is 0 Å². The highest BCUT2D eigenvalue weighted by Crippen LogP contribution is 2.51. The summed E-state index contributed by atoms with van der Waals surface area (Å²) in [7, 11) is 0. The molecule has 0 aromatic heterocycles. The fourth-order valence-electron chi connectivity index (χ4n) is 5.13. The van der Waals surface area contributed by atoms with Crippen LogP contribution in [-0.4, -0.2) is 40.9 Å². The number of primary amides is 1. The van der Waals surface area contributed by atoms with Crippen LogP contribution in [0, 0.1) is 16.7 Å². The fourth-order valence-corrected chi connectivity index (χ4v) is 5.13. The zero-order valence-electron chi connectivity index (χ0n) is 17.4. The Kier molecular flexibility index (Phi) is 6.01. The molecule has 1 aliphatic carbocycles. The Hall–Kier alpha value is -2.37. The first-order chi connectivity index (χ1) is 13.7. The van der Waals surface area contributed by atoms with E-state index >= 15 is 0 Å². The molecule has 3 rings (SSSR count). The lowest BCUT2D eigenvalue weighted by molar-refractivity contribution is -0.153. The third-order valence-electron chi connectivity index (χ3n) is 7.70. The number of amides is 2. The molecule has 2 fully saturated rings. The van der Waals surface area contributed by atoms with Crippen LogP contribution < -0.4 is 5.73 Å². The number of hydrogen-bond acceptors (Lipinski definition) is 3. The largest absolute Gasteiger partial charge is 0.481 e. The lowest BCUT2D eigenvalue weighted by Gasteiger charge is -2.48. The normalized spacial score (nSPS) is 21.5. The zero-order valence-corrected chi connectivity index (χ0v) is 17.4. The number of carboxylic acids is 1. The van der Waals surface area contributed by atoms with Gasteiger partial charge >= 0.3 is 5.97 Å².